The molecule has 4 aromatic rings. The van der Waals surface area contributed by atoms with E-state index in [4.69, 9.17) is 4.98 Å². The SMILES string of the molecule is Cc1nc2c(s1)CCN(C(=O)Cn1cc(-c3ccc(F)cc3)nc1-c1ccccc1)CC2. The molecule has 0 saturated heterocycles. The molecule has 0 saturated carbocycles. The van der Waals surface area contributed by atoms with E-state index < -0.39 is 0 Å². The summed E-state index contributed by atoms with van der Waals surface area (Å²) in [5, 5.41) is 1.09. The summed E-state index contributed by atoms with van der Waals surface area (Å²) in [7, 11) is 0. The average Bonchev–Trinajstić information content (AvgIpc) is 3.32. The molecule has 0 N–H and O–H groups in total. The van der Waals surface area contributed by atoms with Crippen LogP contribution in [0.1, 0.15) is 15.6 Å². The molecule has 0 radical (unpaired) electrons. The molecule has 162 valence electrons. The molecule has 0 aliphatic carbocycles. The maximum absolute atomic E-state index is 13.4. The second-order valence-electron chi connectivity index (χ2n) is 7.93. The van der Waals surface area contributed by atoms with Gasteiger partial charge in [-0.25, -0.2) is 14.4 Å². The Kier molecular flexibility index (Phi) is 5.57. The van der Waals surface area contributed by atoms with Crippen LogP contribution in [-0.2, 0) is 24.2 Å². The van der Waals surface area contributed by atoms with E-state index >= 15 is 0 Å². The summed E-state index contributed by atoms with van der Waals surface area (Å²) in [4.78, 5) is 25.9. The summed E-state index contributed by atoms with van der Waals surface area (Å²) in [5.74, 6) is 0.507. The lowest BCUT2D eigenvalue weighted by atomic mass is 10.2. The number of aryl methyl sites for hydroxylation is 1. The number of carbonyl (C=O) groups is 1. The van der Waals surface area contributed by atoms with Gasteiger partial charge in [0.25, 0.3) is 0 Å². The summed E-state index contributed by atoms with van der Waals surface area (Å²) in [6.45, 7) is 3.62. The van der Waals surface area contributed by atoms with E-state index in [9.17, 15) is 9.18 Å². The average molecular weight is 447 g/mol. The van der Waals surface area contributed by atoms with Crippen LogP contribution < -0.4 is 0 Å². The minimum absolute atomic E-state index is 0.0668. The van der Waals surface area contributed by atoms with Crippen molar-refractivity contribution in [3.63, 3.8) is 0 Å². The highest BCUT2D eigenvalue weighted by Gasteiger charge is 2.22. The number of aromatic nitrogens is 3. The van der Waals surface area contributed by atoms with Gasteiger partial charge in [0, 0.05) is 48.1 Å². The summed E-state index contributed by atoms with van der Waals surface area (Å²) in [6.07, 6.45) is 3.53. The van der Waals surface area contributed by atoms with Gasteiger partial charge in [-0.15, -0.1) is 11.3 Å². The van der Waals surface area contributed by atoms with Crippen LogP contribution in [0.25, 0.3) is 22.6 Å². The van der Waals surface area contributed by atoms with Gasteiger partial charge in [0.2, 0.25) is 5.91 Å². The first-order valence-electron chi connectivity index (χ1n) is 10.7. The number of imidazole rings is 1. The second kappa shape index (κ2) is 8.67. The van der Waals surface area contributed by atoms with Gasteiger partial charge in [0.05, 0.1) is 16.4 Å². The third-order valence-electron chi connectivity index (χ3n) is 5.72. The maximum atomic E-state index is 13.4. The van der Waals surface area contributed by atoms with E-state index in [1.165, 1.54) is 17.0 Å². The molecule has 2 aromatic heterocycles. The number of hydrogen-bond acceptors (Lipinski definition) is 4. The molecule has 2 aromatic carbocycles. The minimum atomic E-state index is -0.286. The topological polar surface area (TPSA) is 51.0 Å². The molecule has 32 heavy (non-hydrogen) atoms. The van der Waals surface area contributed by atoms with Gasteiger partial charge < -0.3 is 9.47 Å². The Morgan fingerprint density at radius 2 is 1.75 bits per heavy atom. The number of halogens is 1. The van der Waals surface area contributed by atoms with Crippen molar-refractivity contribution in [1.29, 1.82) is 0 Å². The quantitative estimate of drug-likeness (QED) is 0.455. The Morgan fingerprint density at radius 1 is 1.00 bits per heavy atom. The lowest BCUT2D eigenvalue weighted by Gasteiger charge is -2.21. The number of benzene rings is 2. The largest absolute Gasteiger partial charge is 0.340 e. The Morgan fingerprint density at radius 3 is 2.53 bits per heavy atom. The van der Waals surface area contributed by atoms with Gasteiger partial charge in [0.15, 0.2) is 0 Å². The number of thiazole rings is 1. The van der Waals surface area contributed by atoms with Gasteiger partial charge in [-0.1, -0.05) is 30.3 Å². The van der Waals surface area contributed by atoms with Crippen LogP contribution in [0.15, 0.2) is 60.8 Å². The molecule has 1 aliphatic rings. The first-order chi connectivity index (χ1) is 15.6. The molecule has 0 fully saturated rings. The van der Waals surface area contributed by atoms with Crippen molar-refractivity contribution in [3.8, 4) is 22.6 Å². The number of fused-ring (bicyclic) bond motifs is 1. The van der Waals surface area contributed by atoms with Gasteiger partial charge in [-0.2, -0.15) is 0 Å². The first kappa shape index (κ1) is 20.6. The zero-order valence-corrected chi connectivity index (χ0v) is 18.6. The molecule has 1 amide bonds. The normalized spacial score (nSPS) is 13.6. The van der Waals surface area contributed by atoms with Gasteiger partial charge in [-0.3, -0.25) is 4.79 Å². The van der Waals surface area contributed by atoms with E-state index in [0.29, 0.717) is 13.1 Å². The molecule has 3 heterocycles. The van der Waals surface area contributed by atoms with Gasteiger partial charge in [0.1, 0.15) is 18.2 Å². The van der Waals surface area contributed by atoms with Crippen molar-refractivity contribution in [3.05, 3.63) is 82.2 Å². The highest BCUT2D eigenvalue weighted by molar-refractivity contribution is 7.11. The third kappa shape index (κ3) is 4.21. The van der Waals surface area contributed by atoms with Gasteiger partial charge >= 0.3 is 0 Å². The van der Waals surface area contributed by atoms with Crippen LogP contribution in [0.5, 0.6) is 0 Å². The molecule has 1 aliphatic heterocycles. The van der Waals surface area contributed by atoms with Crippen LogP contribution in [0, 0.1) is 12.7 Å². The molecular formula is C25H23FN4OS. The molecule has 0 unspecified atom stereocenters. The van der Waals surface area contributed by atoms with Crippen molar-refractivity contribution in [2.24, 2.45) is 0 Å². The highest BCUT2D eigenvalue weighted by atomic mass is 32.1. The van der Waals surface area contributed by atoms with E-state index in [-0.39, 0.29) is 18.3 Å². The smallest absolute Gasteiger partial charge is 0.242 e. The lowest BCUT2D eigenvalue weighted by Crippen LogP contribution is -2.35. The van der Waals surface area contributed by atoms with E-state index in [1.54, 1.807) is 23.5 Å². The fraction of sp³-hybridized carbons (Fsp3) is 0.240. The van der Waals surface area contributed by atoms with Crippen molar-refractivity contribution >= 4 is 17.2 Å². The monoisotopic (exact) mass is 446 g/mol. The minimum Gasteiger partial charge on any atom is -0.340 e. The number of hydrogen-bond donors (Lipinski definition) is 0. The van der Waals surface area contributed by atoms with Crippen molar-refractivity contribution in [2.45, 2.75) is 26.3 Å². The zero-order chi connectivity index (χ0) is 22.1. The first-order valence-corrected chi connectivity index (χ1v) is 11.5. The number of carbonyl (C=O) groups excluding carboxylic acids is 1. The fourth-order valence-corrected chi connectivity index (χ4v) is 5.07. The highest BCUT2D eigenvalue weighted by Crippen LogP contribution is 2.26. The molecule has 7 heteroatoms. The molecule has 0 bridgehead atoms. The van der Waals surface area contributed by atoms with E-state index in [0.717, 1.165) is 46.2 Å². The molecule has 5 nitrogen and oxygen atoms in total. The summed E-state index contributed by atoms with van der Waals surface area (Å²) in [5.41, 5.74) is 3.60. The number of nitrogens with zero attached hydrogens (tertiary/aromatic N) is 4. The summed E-state index contributed by atoms with van der Waals surface area (Å²) in [6, 6.07) is 16.1. The maximum Gasteiger partial charge on any atom is 0.242 e. The van der Waals surface area contributed by atoms with Crippen LogP contribution >= 0.6 is 11.3 Å². The summed E-state index contributed by atoms with van der Waals surface area (Å²) < 4.78 is 15.3. The van der Waals surface area contributed by atoms with Crippen LogP contribution in [0.2, 0.25) is 0 Å². The van der Waals surface area contributed by atoms with Crippen molar-refractivity contribution in [2.75, 3.05) is 13.1 Å². The zero-order valence-electron chi connectivity index (χ0n) is 17.8. The molecule has 5 rings (SSSR count). The number of amides is 1. The van der Waals surface area contributed by atoms with Crippen LogP contribution in [-0.4, -0.2) is 38.4 Å². The predicted octanol–water partition coefficient (Wildman–Crippen LogP) is 4.75. The third-order valence-corrected chi connectivity index (χ3v) is 6.79. The van der Waals surface area contributed by atoms with Gasteiger partial charge in [-0.05, 0) is 31.2 Å². The molecular weight excluding hydrogens is 423 g/mol. The fourth-order valence-electron chi connectivity index (χ4n) is 4.10. The van der Waals surface area contributed by atoms with Crippen LogP contribution in [0.3, 0.4) is 0 Å². The van der Waals surface area contributed by atoms with Crippen molar-refractivity contribution < 1.29 is 9.18 Å². The Labute approximate surface area is 190 Å². The molecule has 0 spiro atoms. The summed E-state index contributed by atoms with van der Waals surface area (Å²) >= 11 is 1.73. The Hall–Kier alpha value is -3.32. The Bertz CT molecular complexity index is 1220. The molecule has 0 atom stereocenters. The second-order valence-corrected chi connectivity index (χ2v) is 9.22. The number of rotatable bonds is 4. The van der Waals surface area contributed by atoms with Crippen LogP contribution in [0.4, 0.5) is 4.39 Å². The Balaban J connectivity index is 1.41. The standard InChI is InChI=1S/C25H23FN4OS/c1-17-27-21-11-13-29(14-12-23(21)32-17)24(31)16-30-15-22(18-7-9-20(26)10-8-18)28-25(30)19-5-3-2-4-6-19/h2-10,15H,11-14,16H2,1H3. The van der Waals surface area contributed by atoms with E-state index in [1.807, 2.05) is 52.9 Å². The van der Waals surface area contributed by atoms with Crippen molar-refractivity contribution in [1.82, 2.24) is 19.4 Å². The predicted molar refractivity (Wildman–Crippen MR) is 124 cm³/mol. The lowest BCUT2D eigenvalue weighted by molar-refractivity contribution is -0.131. The van der Waals surface area contributed by atoms with E-state index in [2.05, 4.69) is 4.98 Å².